The molecule has 1 fully saturated rings. The van der Waals surface area contributed by atoms with E-state index < -0.39 is 5.82 Å². The summed E-state index contributed by atoms with van der Waals surface area (Å²) in [5.41, 5.74) is 0.134. The van der Waals surface area contributed by atoms with Crippen LogP contribution in [-0.4, -0.2) is 29.7 Å². The molecule has 1 aromatic heterocycles. The molecule has 1 aromatic carbocycles. The highest BCUT2D eigenvalue weighted by molar-refractivity contribution is 5.20. The summed E-state index contributed by atoms with van der Waals surface area (Å²) in [5.74, 6) is -0.0484. The zero-order valence-corrected chi connectivity index (χ0v) is 12.3. The monoisotopic (exact) mass is 308 g/mol. The number of aromatic amines is 1. The van der Waals surface area contributed by atoms with Crippen molar-refractivity contribution < 1.29 is 13.3 Å². The van der Waals surface area contributed by atoms with Crippen LogP contribution in [0.3, 0.4) is 0 Å². The molecule has 0 amide bonds. The lowest BCUT2D eigenvalue weighted by atomic mass is 9.86. The van der Waals surface area contributed by atoms with Gasteiger partial charge in [0.05, 0.1) is 0 Å². The Morgan fingerprint density at radius 2 is 2.18 bits per heavy atom. The maximum Gasteiger partial charge on any atom is 0.280 e. The highest BCUT2D eigenvalue weighted by atomic mass is 19.1. The second kappa shape index (κ2) is 6.04. The highest BCUT2D eigenvalue weighted by Gasteiger charge is 2.29. The van der Waals surface area contributed by atoms with Gasteiger partial charge in [0.1, 0.15) is 17.4 Å². The smallest absolute Gasteiger partial charge is 0.280 e. The standard InChI is InChI=1S/C16H18F2N2O2/c1-20-5-4-10(15-9-16(21)19-22-15)7-13(20)8-11-6-12(17)2-3-14(11)18/h2-3,6,9-10,13H,4-5,7-8H2,1H3,(H,19,21)/t10-,13+/m0/s1. The molecule has 2 heterocycles. The summed E-state index contributed by atoms with van der Waals surface area (Å²) < 4.78 is 32.3. The van der Waals surface area contributed by atoms with E-state index in [1.54, 1.807) is 0 Å². The number of halogens is 2. The van der Waals surface area contributed by atoms with Crippen LogP contribution in [-0.2, 0) is 6.42 Å². The van der Waals surface area contributed by atoms with Gasteiger partial charge in [-0.2, -0.15) is 5.16 Å². The molecule has 0 saturated carbocycles. The summed E-state index contributed by atoms with van der Waals surface area (Å²) >= 11 is 0. The van der Waals surface area contributed by atoms with Crippen molar-refractivity contribution in [3.63, 3.8) is 0 Å². The minimum Gasteiger partial charge on any atom is -0.383 e. The van der Waals surface area contributed by atoms with Gasteiger partial charge in [0, 0.05) is 18.0 Å². The van der Waals surface area contributed by atoms with E-state index in [9.17, 15) is 13.6 Å². The van der Waals surface area contributed by atoms with Gasteiger partial charge in [-0.1, -0.05) is 0 Å². The first-order chi connectivity index (χ1) is 10.5. The number of nitrogens with one attached hydrogen (secondary N) is 1. The number of likely N-dealkylation sites (N-methyl/N-ethyl adjacent to an activating group) is 1. The van der Waals surface area contributed by atoms with Gasteiger partial charge in [-0.15, -0.1) is 0 Å². The predicted molar refractivity (Wildman–Crippen MR) is 77.8 cm³/mol. The average Bonchev–Trinajstić information content (AvgIpc) is 2.92. The Balaban J connectivity index is 1.77. The fourth-order valence-corrected chi connectivity index (χ4v) is 3.12. The second-order valence-electron chi connectivity index (χ2n) is 5.91. The van der Waals surface area contributed by atoms with E-state index in [0.717, 1.165) is 31.5 Å². The molecular formula is C16H18F2N2O2. The number of aromatic nitrogens is 1. The van der Waals surface area contributed by atoms with Crippen molar-refractivity contribution in [2.45, 2.75) is 31.2 Å². The zero-order valence-electron chi connectivity index (χ0n) is 12.3. The first-order valence-corrected chi connectivity index (χ1v) is 7.35. The Morgan fingerprint density at radius 1 is 1.36 bits per heavy atom. The molecule has 0 unspecified atom stereocenters. The van der Waals surface area contributed by atoms with Crippen LogP contribution in [0.5, 0.6) is 0 Å². The molecule has 4 nitrogen and oxygen atoms in total. The topological polar surface area (TPSA) is 49.2 Å². The van der Waals surface area contributed by atoms with Crippen LogP contribution in [0.25, 0.3) is 0 Å². The molecule has 0 spiro atoms. The summed E-state index contributed by atoms with van der Waals surface area (Å²) in [6, 6.07) is 5.09. The molecule has 1 saturated heterocycles. The lowest BCUT2D eigenvalue weighted by molar-refractivity contribution is 0.155. The Kier molecular flexibility index (Phi) is 4.11. The van der Waals surface area contributed by atoms with Crippen molar-refractivity contribution in [3.05, 3.63) is 57.6 Å². The average molecular weight is 308 g/mol. The molecule has 3 rings (SSSR count). The predicted octanol–water partition coefficient (Wildman–Crippen LogP) is 2.67. The van der Waals surface area contributed by atoms with Crippen molar-refractivity contribution >= 4 is 0 Å². The molecule has 1 aliphatic heterocycles. The molecule has 0 bridgehead atoms. The summed E-state index contributed by atoms with van der Waals surface area (Å²) in [6.07, 6.45) is 2.05. The molecule has 1 N–H and O–H groups in total. The van der Waals surface area contributed by atoms with Crippen molar-refractivity contribution in [1.82, 2.24) is 10.1 Å². The molecule has 118 valence electrons. The van der Waals surface area contributed by atoms with Gasteiger partial charge in [0.2, 0.25) is 0 Å². The van der Waals surface area contributed by atoms with Crippen LogP contribution in [0.1, 0.15) is 30.1 Å². The quantitative estimate of drug-likeness (QED) is 0.948. The normalized spacial score (nSPS) is 22.9. The van der Waals surface area contributed by atoms with Gasteiger partial charge in [-0.05, 0) is 56.6 Å². The lowest BCUT2D eigenvalue weighted by Gasteiger charge is -2.36. The van der Waals surface area contributed by atoms with Crippen LogP contribution in [0.2, 0.25) is 0 Å². The number of nitrogens with zero attached hydrogens (tertiary/aromatic N) is 1. The van der Waals surface area contributed by atoms with Crippen molar-refractivity contribution in [2.75, 3.05) is 13.6 Å². The lowest BCUT2D eigenvalue weighted by Crippen LogP contribution is -2.40. The molecule has 0 radical (unpaired) electrons. The first-order valence-electron chi connectivity index (χ1n) is 7.35. The number of rotatable bonds is 3. The van der Waals surface area contributed by atoms with E-state index in [0.29, 0.717) is 17.7 Å². The van der Waals surface area contributed by atoms with Gasteiger partial charge in [-0.3, -0.25) is 4.79 Å². The number of H-pyrrole nitrogens is 1. The van der Waals surface area contributed by atoms with Gasteiger partial charge in [-0.25, -0.2) is 8.78 Å². The summed E-state index contributed by atoms with van der Waals surface area (Å²) in [5, 5.41) is 2.30. The van der Waals surface area contributed by atoms with E-state index in [1.807, 2.05) is 7.05 Å². The Hall–Kier alpha value is -1.95. The van der Waals surface area contributed by atoms with Crippen molar-refractivity contribution in [2.24, 2.45) is 0 Å². The van der Waals surface area contributed by atoms with Crippen LogP contribution in [0, 0.1) is 11.6 Å². The third-order valence-corrected chi connectivity index (χ3v) is 4.42. The minimum absolute atomic E-state index is 0.0789. The highest BCUT2D eigenvalue weighted by Crippen LogP contribution is 2.32. The fourth-order valence-electron chi connectivity index (χ4n) is 3.12. The molecule has 22 heavy (non-hydrogen) atoms. The van der Waals surface area contributed by atoms with Gasteiger partial charge in [0.25, 0.3) is 5.56 Å². The summed E-state index contributed by atoms with van der Waals surface area (Å²) in [7, 11) is 1.98. The van der Waals surface area contributed by atoms with Crippen molar-refractivity contribution in [1.29, 1.82) is 0 Å². The molecule has 0 aliphatic carbocycles. The molecule has 6 heteroatoms. The molecule has 1 aliphatic rings. The number of hydrogen-bond donors (Lipinski definition) is 1. The number of hydrogen-bond acceptors (Lipinski definition) is 3. The van der Waals surface area contributed by atoms with Gasteiger partial charge >= 0.3 is 0 Å². The van der Waals surface area contributed by atoms with Gasteiger partial charge < -0.3 is 9.42 Å². The molecular weight excluding hydrogens is 290 g/mol. The second-order valence-corrected chi connectivity index (χ2v) is 5.91. The number of likely N-dealkylation sites (tertiary alicyclic amines) is 1. The third kappa shape index (κ3) is 3.11. The third-order valence-electron chi connectivity index (χ3n) is 4.42. The fraction of sp³-hybridized carbons (Fsp3) is 0.438. The van der Waals surface area contributed by atoms with E-state index in [4.69, 9.17) is 4.52 Å². The first kappa shape index (κ1) is 15.0. The molecule has 2 atom stereocenters. The van der Waals surface area contributed by atoms with E-state index in [2.05, 4.69) is 10.1 Å². The van der Waals surface area contributed by atoms with E-state index in [-0.39, 0.29) is 23.3 Å². The largest absolute Gasteiger partial charge is 0.383 e. The van der Waals surface area contributed by atoms with Crippen LogP contribution >= 0.6 is 0 Å². The van der Waals surface area contributed by atoms with Crippen molar-refractivity contribution in [3.8, 4) is 0 Å². The number of piperidine rings is 1. The van der Waals surface area contributed by atoms with E-state index in [1.165, 1.54) is 12.1 Å². The Bertz CT molecular complexity index is 710. The van der Waals surface area contributed by atoms with Crippen LogP contribution < -0.4 is 5.56 Å². The maximum absolute atomic E-state index is 13.8. The van der Waals surface area contributed by atoms with Crippen LogP contribution in [0.4, 0.5) is 8.78 Å². The summed E-state index contributed by atoms with van der Waals surface area (Å²) in [4.78, 5) is 13.3. The Morgan fingerprint density at radius 3 is 2.91 bits per heavy atom. The minimum atomic E-state index is -0.428. The zero-order chi connectivity index (χ0) is 15.7. The van der Waals surface area contributed by atoms with Gasteiger partial charge in [0.15, 0.2) is 0 Å². The maximum atomic E-state index is 13.8. The molecule has 2 aromatic rings. The van der Waals surface area contributed by atoms with Crippen LogP contribution in [0.15, 0.2) is 33.6 Å². The Labute approximate surface area is 126 Å². The number of benzene rings is 1. The summed E-state index contributed by atoms with van der Waals surface area (Å²) in [6.45, 7) is 0.821. The van der Waals surface area contributed by atoms with E-state index >= 15 is 0 Å². The SMILES string of the molecule is CN1CC[C@H](c2cc(=O)[nH]o2)C[C@@H]1Cc1cc(F)ccc1F.